The Morgan fingerprint density at radius 3 is 2.19 bits per heavy atom. The third-order valence-electron chi connectivity index (χ3n) is 5.40. The summed E-state index contributed by atoms with van der Waals surface area (Å²) in [5.41, 5.74) is 3.67. The van der Waals surface area contributed by atoms with Gasteiger partial charge in [0.15, 0.2) is 0 Å². The second-order valence-electron chi connectivity index (χ2n) is 8.27. The highest BCUT2D eigenvalue weighted by Gasteiger charge is 2.29. The second-order valence-corrected chi connectivity index (χ2v) is 9.38. The lowest BCUT2D eigenvalue weighted by molar-refractivity contribution is -0.146. The Kier molecular flexibility index (Phi) is 7.80. The summed E-state index contributed by atoms with van der Waals surface area (Å²) in [6, 6.07) is 16.3. The van der Waals surface area contributed by atoms with Crippen molar-refractivity contribution in [2.75, 3.05) is 31.2 Å². The highest BCUT2D eigenvalue weighted by molar-refractivity contribution is 7.99. The predicted octanol–water partition coefficient (Wildman–Crippen LogP) is 3.49. The van der Waals surface area contributed by atoms with Gasteiger partial charge < -0.3 is 20.5 Å². The van der Waals surface area contributed by atoms with Crippen LogP contribution in [0.3, 0.4) is 0 Å². The molecule has 0 aliphatic heterocycles. The zero-order valence-electron chi connectivity index (χ0n) is 18.2. The van der Waals surface area contributed by atoms with Gasteiger partial charge in [0.25, 0.3) is 0 Å². The van der Waals surface area contributed by atoms with Crippen molar-refractivity contribution in [2.45, 2.75) is 19.8 Å². The van der Waals surface area contributed by atoms with Crippen LogP contribution in [-0.2, 0) is 14.3 Å². The maximum absolute atomic E-state index is 12.1. The molecule has 2 amide bonds. The Bertz CT molecular complexity index is 946. The van der Waals surface area contributed by atoms with Crippen LogP contribution < -0.4 is 10.6 Å². The fourth-order valence-corrected chi connectivity index (χ4v) is 4.16. The molecule has 3 N–H and O–H groups in total. The minimum atomic E-state index is -1.01. The van der Waals surface area contributed by atoms with E-state index in [1.165, 1.54) is 22.9 Å². The van der Waals surface area contributed by atoms with Crippen molar-refractivity contribution in [1.29, 1.82) is 0 Å². The monoisotopic (exact) mass is 456 g/mol. The van der Waals surface area contributed by atoms with Crippen LogP contribution in [0.25, 0.3) is 11.1 Å². The van der Waals surface area contributed by atoms with E-state index in [9.17, 15) is 14.4 Å². The molecule has 1 aliphatic rings. The smallest absolute Gasteiger partial charge is 0.407 e. The van der Waals surface area contributed by atoms with Gasteiger partial charge in [0.05, 0.1) is 11.2 Å². The second kappa shape index (κ2) is 10.5. The molecule has 8 heteroatoms. The van der Waals surface area contributed by atoms with Crippen LogP contribution >= 0.6 is 11.8 Å². The van der Waals surface area contributed by atoms with Gasteiger partial charge in [-0.2, -0.15) is 11.8 Å². The molecule has 7 nitrogen and oxygen atoms in total. The SMILES string of the molecule is CC(C)(CNC(=O)CSCCNC(=O)OCC1c2ccccc2-c2ccccc21)C(=O)O. The number of carboxylic acid groups (broad SMARTS) is 1. The molecule has 0 bridgehead atoms. The summed E-state index contributed by atoms with van der Waals surface area (Å²) in [6.07, 6.45) is -0.486. The standard InChI is InChI=1S/C24H28N2O5S/c1-24(2,22(28)29)15-26-21(27)14-32-12-11-25-23(30)31-13-20-18-9-5-3-7-16(18)17-8-4-6-10-19(17)20/h3-10,20H,11-15H2,1-2H3,(H,25,30)(H,26,27)(H,28,29). The number of hydrogen-bond acceptors (Lipinski definition) is 5. The molecule has 170 valence electrons. The topological polar surface area (TPSA) is 105 Å². The number of carbonyl (C=O) groups is 3. The number of aliphatic carboxylic acids is 1. The van der Waals surface area contributed by atoms with Gasteiger partial charge in [-0.05, 0) is 36.1 Å². The number of ether oxygens (including phenoxy) is 1. The van der Waals surface area contributed by atoms with Gasteiger partial charge in [-0.3, -0.25) is 9.59 Å². The molecule has 0 unspecified atom stereocenters. The van der Waals surface area contributed by atoms with E-state index >= 15 is 0 Å². The molecule has 2 aromatic carbocycles. The molecule has 0 heterocycles. The third kappa shape index (κ3) is 5.82. The van der Waals surface area contributed by atoms with E-state index < -0.39 is 17.5 Å². The molecule has 3 rings (SSSR count). The number of nitrogens with one attached hydrogen (secondary N) is 2. The molecule has 32 heavy (non-hydrogen) atoms. The van der Waals surface area contributed by atoms with Crippen molar-refractivity contribution in [3.05, 3.63) is 59.7 Å². The minimum Gasteiger partial charge on any atom is -0.481 e. The molecule has 1 aliphatic carbocycles. The Labute approximate surface area is 191 Å². The highest BCUT2D eigenvalue weighted by Crippen LogP contribution is 2.44. The lowest BCUT2D eigenvalue weighted by Crippen LogP contribution is -2.39. The van der Waals surface area contributed by atoms with Crippen molar-refractivity contribution >= 4 is 29.7 Å². The number of thioether (sulfide) groups is 1. The normalized spacial score (nSPS) is 12.6. The molecule has 0 radical (unpaired) electrons. The Morgan fingerprint density at radius 1 is 1.00 bits per heavy atom. The van der Waals surface area contributed by atoms with Crippen molar-refractivity contribution in [2.24, 2.45) is 5.41 Å². The van der Waals surface area contributed by atoms with Crippen LogP contribution in [0, 0.1) is 5.41 Å². The van der Waals surface area contributed by atoms with Gasteiger partial charge >= 0.3 is 12.1 Å². The van der Waals surface area contributed by atoms with Gasteiger partial charge in [-0.1, -0.05) is 48.5 Å². The summed E-state index contributed by atoms with van der Waals surface area (Å²) < 4.78 is 5.47. The first kappa shape index (κ1) is 23.7. The van der Waals surface area contributed by atoms with E-state index in [1.54, 1.807) is 13.8 Å². The maximum atomic E-state index is 12.1. The Morgan fingerprint density at radius 2 is 1.59 bits per heavy atom. The first-order chi connectivity index (χ1) is 15.3. The number of benzene rings is 2. The number of fused-ring (bicyclic) bond motifs is 3. The molecule has 0 spiro atoms. The number of carbonyl (C=O) groups excluding carboxylic acids is 2. The van der Waals surface area contributed by atoms with Crippen LogP contribution in [0.2, 0.25) is 0 Å². The molecule has 0 saturated heterocycles. The molecular weight excluding hydrogens is 428 g/mol. The van der Waals surface area contributed by atoms with Crippen LogP contribution in [0.4, 0.5) is 4.79 Å². The minimum absolute atomic E-state index is 0.0151. The van der Waals surface area contributed by atoms with E-state index in [4.69, 9.17) is 9.84 Å². The summed E-state index contributed by atoms with van der Waals surface area (Å²) in [5, 5.41) is 14.4. The summed E-state index contributed by atoms with van der Waals surface area (Å²) in [6.45, 7) is 3.81. The highest BCUT2D eigenvalue weighted by atomic mass is 32.2. The number of rotatable bonds is 10. The van der Waals surface area contributed by atoms with Gasteiger partial charge in [-0.25, -0.2) is 4.79 Å². The van der Waals surface area contributed by atoms with E-state index in [-0.39, 0.29) is 30.7 Å². The molecule has 0 saturated carbocycles. The predicted molar refractivity (Wildman–Crippen MR) is 125 cm³/mol. The van der Waals surface area contributed by atoms with Crippen molar-refractivity contribution in [1.82, 2.24) is 10.6 Å². The van der Waals surface area contributed by atoms with Crippen LogP contribution in [0.1, 0.15) is 30.9 Å². The first-order valence-corrected chi connectivity index (χ1v) is 11.6. The zero-order valence-corrected chi connectivity index (χ0v) is 19.0. The van der Waals surface area contributed by atoms with Crippen molar-refractivity contribution in [3.63, 3.8) is 0 Å². The zero-order chi connectivity index (χ0) is 23.1. The third-order valence-corrected chi connectivity index (χ3v) is 6.36. The lowest BCUT2D eigenvalue weighted by atomic mass is 9.94. The number of amides is 2. The van der Waals surface area contributed by atoms with Gasteiger partial charge in [0, 0.05) is 24.8 Å². The van der Waals surface area contributed by atoms with Crippen LogP contribution in [0.5, 0.6) is 0 Å². The quantitative estimate of drug-likeness (QED) is 0.473. The van der Waals surface area contributed by atoms with Crippen LogP contribution in [-0.4, -0.2) is 54.3 Å². The summed E-state index contributed by atoms with van der Waals surface area (Å²) in [5.74, 6) is -0.438. The lowest BCUT2D eigenvalue weighted by Gasteiger charge is -2.19. The molecular formula is C24H28N2O5S. The van der Waals surface area contributed by atoms with Crippen molar-refractivity contribution in [3.8, 4) is 11.1 Å². The van der Waals surface area contributed by atoms with E-state index in [2.05, 4.69) is 34.9 Å². The van der Waals surface area contributed by atoms with Crippen molar-refractivity contribution < 1.29 is 24.2 Å². The summed E-state index contributed by atoms with van der Waals surface area (Å²) >= 11 is 1.36. The average molecular weight is 457 g/mol. The number of hydrogen-bond donors (Lipinski definition) is 3. The van der Waals surface area contributed by atoms with Gasteiger partial charge in [0.1, 0.15) is 6.61 Å². The van der Waals surface area contributed by atoms with Gasteiger partial charge in [0.2, 0.25) is 5.91 Å². The summed E-state index contributed by atoms with van der Waals surface area (Å²) in [7, 11) is 0. The van der Waals surface area contributed by atoms with Crippen LogP contribution in [0.15, 0.2) is 48.5 Å². The molecule has 0 aromatic heterocycles. The average Bonchev–Trinajstić information content (AvgIpc) is 3.10. The van der Waals surface area contributed by atoms with E-state index in [0.717, 1.165) is 11.1 Å². The molecule has 0 atom stereocenters. The molecule has 0 fully saturated rings. The van der Waals surface area contributed by atoms with Gasteiger partial charge in [-0.15, -0.1) is 0 Å². The fraction of sp³-hybridized carbons (Fsp3) is 0.375. The Balaban J connectivity index is 1.36. The summed E-state index contributed by atoms with van der Waals surface area (Å²) in [4.78, 5) is 35.0. The first-order valence-electron chi connectivity index (χ1n) is 10.5. The number of alkyl carbamates (subject to hydrolysis) is 1. The van der Waals surface area contributed by atoms with E-state index in [0.29, 0.717) is 12.3 Å². The fourth-order valence-electron chi connectivity index (χ4n) is 3.49. The molecule has 2 aromatic rings. The Hall–Kier alpha value is -3.00. The van der Waals surface area contributed by atoms with E-state index in [1.807, 2.05) is 24.3 Å². The largest absolute Gasteiger partial charge is 0.481 e. The maximum Gasteiger partial charge on any atom is 0.407 e. The number of carboxylic acids is 1.